The SMILES string of the molecule is Br.CC(=O)c1ccnc(Br)c1Cl. The second kappa shape index (κ2) is 4.94. The van der Waals surface area contributed by atoms with Gasteiger partial charge >= 0.3 is 0 Å². The van der Waals surface area contributed by atoms with Gasteiger partial charge in [0.2, 0.25) is 0 Å². The Kier molecular flexibility index (Phi) is 4.97. The summed E-state index contributed by atoms with van der Waals surface area (Å²) < 4.78 is 0.506. The lowest BCUT2D eigenvalue weighted by Gasteiger charge is -1.98. The molecule has 0 saturated carbocycles. The number of carbonyl (C=O) groups is 1. The molecule has 2 nitrogen and oxygen atoms in total. The van der Waals surface area contributed by atoms with Gasteiger partial charge < -0.3 is 0 Å². The van der Waals surface area contributed by atoms with Crippen molar-refractivity contribution in [2.24, 2.45) is 0 Å². The van der Waals surface area contributed by atoms with Crippen molar-refractivity contribution in [3.8, 4) is 0 Å². The normalized spacial score (nSPS) is 8.92. The van der Waals surface area contributed by atoms with Gasteiger partial charge in [-0.2, -0.15) is 0 Å². The van der Waals surface area contributed by atoms with Crippen LogP contribution in [0.5, 0.6) is 0 Å². The number of halogens is 3. The van der Waals surface area contributed by atoms with E-state index in [2.05, 4.69) is 20.9 Å². The summed E-state index contributed by atoms with van der Waals surface area (Å²) in [7, 11) is 0. The van der Waals surface area contributed by atoms with Crippen LogP contribution in [0.4, 0.5) is 0 Å². The Morgan fingerprint density at radius 2 is 2.25 bits per heavy atom. The third-order valence-electron chi connectivity index (χ3n) is 1.23. The van der Waals surface area contributed by atoms with Crippen molar-refractivity contribution in [3.63, 3.8) is 0 Å². The lowest BCUT2D eigenvalue weighted by Crippen LogP contribution is -1.94. The summed E-state index contributed by atoms with van der Waals surface area (Å²) in [5.41, 5.74) is 0.494. The van der Waals surface area contributed by atoms with E-state index in [0.29, 0.717) is 15.2 Å². The van der Waals surface area contributed by atoms with E-state index in [1.807, 2.05) is 0 Å². The van der Waals surface area contributed by atoms with Gasteiger partial charge in [-0.05, 0) is 28.9 Å². The second-order valence-electron chi connectivity index (χ2n) is 2.02. The molecule has 0 radical (unpaired) electrons. The zero-order valence-corrected chi connectivity index (χ0v) is 10.2. The van der Waals surface area contributed by atoms with Gasteiger partial charge in [0.05, 0.1) is 5.02 Å². The summed E-state index contributed by atoms with van der Waals surface area (Å²) in [6.07, 6.45) is 1.53. The average molecular weight is 315 g/mol. The molecule has 0 fully saturated rings. The van der Waals surface area contributed by atoms with Crippen molar-refractivity contribution in [2.75, 3.05) is 0 Å². The lowest BCUT2D eigenvalue weighted by atomic mass is 10.2. The van der Waals surface area contributed by atoms with E-state index >= 15 is 0 Å². The fraction of sp³-hybridized carbons (Fsp3) is 0.143. The van der Waals surface area contributed by atoms with Gasteiger partial charge in [0, 0.05) is 11.8 Å². The number of ketones is 1. The number of hydrogen-bond donors (Lipinski definition) is 0. The molecule has 1 heterocycles. The maximum atomic E-state index is 10.9. The lowest BCUT2D eigenvalue weighted by molar-refractivity contribution is 0.101. The first-order valence-corrected chi connectivity index (χ1v) is 4.11. The van der Waals surface area contributed by atoms with Crippen LogP contribution < -0.4 is 0 Å². The third kappa shape index (κ3) is 2.54. The van der Waals surface area contributed by atoms with Gasteiger partial charge in [0.25, 0.3) is 0 Å². The summed E-state index contributed by atoms with van der Waals surface area (Å²) in [6.45, 7) is 1.47. The maximum Gasteiger partial charge on any atom is 0.161 e. The fourth-order valence-corrected chi connectivity index (χ4v) is 1.27. The van der Waals surface area contributed by atoms with Gasteiger partial charge in [-0.3, -0.25) is 4.79 Å². The number of carbonyl (C=O) groups excluding carboxylic acids is 1. The molecular weight excluding hydrogens is 309 g/mol. The Hall–Kier alpha value is 0.0700. The van der Waals surface area contributed by atoms with Crippen molar-refractivity contribution in [2.45, 2.75) is 6.92 Å². The molecule has 0 aromatic carbocycles. The Bertz CT molecular complexity index is 303. The highest BCUT2D eigenvalue weighted by molar-refractivity contribution is 9.10. The van der Waals surface area contributed by atoms with Gasteiger partial charge in [0.1, 0.15) is 4.60 Å². The molecule has 0 spiro atoms. The molecule has 1 aromatic rings. The number of aromatic nitrogens is 1. The zero-order valence-electron chi connectivity index (χ0n) is 6.17. The van der Waals surface area contributed by atoms with Crippen LogP contribution in [0.15, 0.2) is 16.9 Å². The first-order valence-electron chi connectivity index (χ1n) is 2.94. The second-order valence-corrected chi connectivity index (χ2v) is 3.15. The smallest absolute Gasteiger partial charge is 0.161 e. The van der Waals surface area contributed by atoms with Crippen LogP contribution in [0, 0.1) is 0 Å². The number of nitrogens with zero attached hydrogens (tertiary/aromatic N) is 1. The van der Waals surface area contributed by atoms with Crippen LogP contribution in [-0.4, -0.2) is 10.8 Å². The van der Waals surface area contributed by atoms with E-state index in [-0.39, 0.29) is 22.8 Å². The molecule has 0 atom stereocenters. The van der Waals surface area contributed by atoms with Gasteiger partial charge in [-0.1, -0.05) is 11.6 Å². The quantitative estimate of drug-likeness (QED) is 0.588. The first-order chi connectivity index (χ1) is 5.13. The van der Waals surface area contributed by atoms with Gasteiger partial charge in [0.15, 0.2) is 5.78 Å². The first kappa shape index (κ1) is 12.1. The van der Waals surface area contributed by atoms with Crippen LogP contribution >= 0.6 is 44.5 Å². The predicted molar refractivity (Wildman–Crippen MR) is 57.3 cm³/mol. The average Bonchev–Trinajstić information content (AvgIpc) is 1.94. The molecule has 0 aliphatic carbocycles. The third-order valence-corrected chi connectivity index (χ3v) is 2.44. The molecule has 12 heavy (non-hydrogen) atoms. The molecule has 0 unspecified atom stereocenters. The molecule has 0 saturated heterocycles. The van der Waals surface area contributed by atoms with Gasteiger partial charge in [-0.25, -0.2) is 4.98 Å². The summed E-state index contributed by atoms with van der Waals surface area (Å²) >= 11 is 8.88. The number of Topliss-reactive ketones (excluding diaryl/α,β-unsaturated/α-hetero) is 1. The highest BCUT2D eigenvalue weighted by Gasteiger charge is 2.07. The molecule has 1 rings (SSSR count). The van der Waals surface area contributed by atoms with E-state index in [4.69, 9.17) is 11.6 Å². The zero-order chi connectivity index (χ0) is 8.43. The van der Waals surface area contributed by atoms with E-state index in [9.17, 15) is 4.79 Å². The van der Waals surface area contributed by atoms with E-state index in [0.717, 1.165) is 0 Å². The highest BCUT2D eigenvalue weighted by Crippen LogP contribution is 2.23. The van der Waals surface area contributed by atoms with E-state index in [1.165, 1.54) is 13.1 Å². The molecule has 0 aliphatic rings. The maximum absolute atomic E-state index is 10.9. The van der Waals surface area contributed by atoms with Crippen molar-refractivity contribution >= 4 is 50.3 Å². The van der Waals surface area contributed by atoms with Crippen molar-refractivity contribution < 1.29 is 4.79 Å². The molecule has 0 N–H and O–H groups in total. The Morgan fingerprint density at radius 1 is 1.67 bits per heavy atom. The fourth-order valence-electron chi connectivity index (χ4n) is 0.690. The topological polar surface area (TPSA) is 30.0 Å². The Morgan fingerprint density at radius 3 is 2.67 bits per heavy atom. The minimum atomic E-state index is -0.0573. The predicted octanol–water partition coefficient (Wildman–Crippen LogP) is 3.28. The molecule has 0 bridgehead atoms. The van der Waals surface area contributed by atoms with Crippen LogP contribution in [0.25, 0.3) is 0 Å². The van der Waals surface area contributed by atoms with Crippen LogP contribution in [0.3, 0.4) is 0 Å². The van der Waals surface area contributed by atoms with E-state index in [1.54, 1.807) is 6.07 Å². The highest BCUT2D eigenvalue weighted by atomic mass is 79.9. The molecule has 66 valence electrons. The van der Waals surface area contributed by atoms with Crippen LogP contribution in [0.2, 0.25) is 5.02 Å². The molecule has 1 aromatic heterocycles. The standard InChI is InChI=1S/C7H5BrClNO.BrH/c1-4(11)5-2-3-10-7(8)6(5)9;/h2-3H,1H3;1H. The van der Waals surface area contributed by atoms with E-state index < -0.39 is 0 Å². The van der Waals surface area contributed by atoms with Crippen molar-refractivity contribution in [1.29, 1.82) is 0 Å². The Balaban J connectivity index is 0.00000121. The molecule has 0 amide bonds. The minimum absolute atomic E-state index is 0. The Labute approximate surface area is 94.2 Å². The van der Waals surface area contributed by atoms with Crippen LogP contribution in [-0.2, 0) is 0 Å². The number of rotatable bonds is 1. The molecule has 0 aliphatic heterocycles. The van der Waals surface area contributed by atoms with Crippen molar-refractivity contribution in [3.05, 3.63) is 27.5 Å². The summed E-state index contributed by atoms with van der Waals surface area (Å²) in [4.78, 5) is 14.7. The largest absolute Gasteiger partial charge is 0.294 e. The number of hydrogen-bond acceptors (Lipinski definition) is 2. The minimum Gasteiger partial charge on any atom is -0.294 e. The van der Waals surface area contributed by atoms with Gasteiger partial charge in [-0.15, -0.1) is 17.0 Å². The summed E-state index contributed by atoms with van der Waals surface area (Å²) in [5.74, 6) is -0.0573. The monoisotopic (exact) mass is 313 g/mol. The number of pyridine rings is 1. The summed E-state index contributed by atoms with van der Waals surface area (Å²) in [5, 5.41) is 0.375. The summed E-state index contributed by atoms with van der Waals surface area (Å²) in [6, 6.07) is 1.59. The van der Waals surface area contributed by atoms with Crippen LogP contribution in [0.1, 0.15) is 17.3 Å². The molecule has 5 heteroatoms. The van der Waals surface area contributed by atoms with Crippen molar-refractivity contribution in [1.82, 2.24) is 4.98 Å². The molecular formula is C7H6Br2ClNO.